The summed E-state index contributed by atoms with van der Waals surface area (Å²) in [5, 5.41) is 17.7. The molecule has 0 spiro atoms. The number of aliphatic carboxylic acids is 1. The number of aliphatic hydroxyl groups is 1. The molecule has 1 heterocycles. The monoisotopic (exact) mass is 245 g/mol. The summed E-state index contributed by atoms with van der Waals surface area (Å²) in [5.74, 6) is -1.20. The first-order chi connectivity index (χ1) is 8.04. The largest absolute Gasteiger partial charge is 0.481 e. The van der Waals surface area contributed by atoms with Gasteiger partial charge in [0.15, 0.2) is 0 Å². The van der Waals surface area contributed by atoms with Crippen molar-refractivity contribution in [2.24, 2.45) is 5.92 Å². The number of aliphatic hydroxyl groups excluding tert-OH is 1. The number of nitrogens with zero attached hydrogens (tertiary/aromatic N) is 1. The molecule has 0 saturated carbocycles. The standard InChI is InChI=1S/C11H19NO5/c1-8(5-11(15)16)4-10(14)12-2-3-17-7-9(12)6-13/h8-9,13H,2-7H2,1H3,(H,15,16). The Labute approximate surface area is 100 Å². The summed E-state index contributed by atoms with van der Waals surface area (Å²) >= 11 is 0. The Morgan fingerprint density at radius 1 is 1.47 bits per heavy atom. The van der Waals surface area contributed by atoms with Crippen LogP contribution in [0.1, 0.15) is 19.8 Å². The smallest absolute Gasteiger partial charge is 0.303 e. The molecule has 1 saturated heterocycles. The minimum atomic E-state index is -0.897. The van der Waals surface area contributed by atoms with Crippen LogP contribution in [-0.2, 0) is 14.3 Å². The lowest BCUT2D eigenvalue weighted by molar-refractivity contribution is -0.143. The summed E-state index contributed by atoms with van der Waals surface area (Å²) in [6.07, 6.45) is 0.183. The maximum absolute atomic E-state index is 11.9. The second kappa shape index (κ2) is 6.56. The minimum absolute atomic E-state index is 0.0140. The van der Waals surface area contributed by atoms with Gasteiger partial charge < -0.3 is 19.8 Å². The summed E-state index contributed by atoms with van der Waals surface area (Å²) < 4.78 is 5.17. The van der Waals surface area contributed by atoms with Crippen molar-refractivity contribution in [3.63, 3.8) is 0 Å². The molecule has 0 radical (unpaired) electrons. The fraction of sp³-hybridized carbons (Fsp3) is 0.818. The van der Waals surface area contributed by atoms with E-state index in [1.54, 1.807) is 11.8 Å². The lowest BCUT2D eigenvalue weighted by Crippen LogP contribution is -2.50. The molecular formula is C11H19NO5. The Balaban J connectivity index is 2.47. The summed E-state index contributed by atoms with van der Waals surface area (Å²) in [4.78, 5) is 24.0. The molecule has 0 aromatic heterocycles. The van der Waals surface area contributed by atoms with E-state index in [0.717, 1.165) is 0 Å². The molecular weight excluding hydrogens is 226 g/mol. The Hall–Kier alpha value is -1.14. The molecule has 1 rings (SSSR count). The number of carboxylic acid groups (broad SMARTS) is 1. The summed E-state index contributed by atoms with van der Waals surface area (Å²) in [6, 6.07) is -0.298. The SMILES string of the molecule is CC(CC(=O)O)CC(=O)N1CCOCC1CO. The van der Waals surface area contributed by atoms with Crippen LogP contribution >= 0.6 is 0 Å². The molecule has 0 aromatic carbocycles. The van der Waals surface area contributed by atoms with Crippen LogP contribution in [0.4, 0.5) is 0 Å². The predicted molar refractivity (Wildman–Crippen MR) is 59.4 cm³/mol. The highest BCUT2D eigenvalue weighted by Crippen LogP contribution is 2.14. The first-order valence-corrected chi connectivity index (χ1v) is 5.74. The molecule has 0 bridgehead atoms. The fourth-order valence-electron chi connectivity index (χ4n) is 1.92. The minimum Gasteiger partial charge on any atom is -0.481 e. The number of carbonyl (C=O) groups excluding carboxylic acids is 1. The average molecular weight is 245 g/mol. The average Bonchev–Trinajstić information content (AvgIpc) is 2.27. The van der Waals surface area contributed by atoms with Gasteiger partial charge in [-0.1, -0.05) is 6.92 Å². The number of amides is 1. The van der Waals surface area contributed by atoms with Crippen molar-refractivity contribution in [1.29, 1.82) is 0 Å². The lowest BCUT2D eigenvalue weighted by Gasteiger charge is -2.35. The van der Waals surface area contributed by atoms with E-state index in [0.29, 0.717) is 19.8 Å². The molecule has 1 aliphatic heterocycles. The molecule has 1 amide bonds. The third-order valence-electron chi connectivity index (χ3n) is 2.80. The van der Waals surface area contributed by atoms with Crippen molar-refractivity contribution in [2.75, 3.05) is 26.4 Å². The number of morpholine rings is 1. The third kappa shape index (κ3) is 4.32. The summed E-state index contributed by atoms with van der Waals surface area (Å²) in [6.45, 7) is 2.88. The van der Waals surface area contributed by atoms with E-state index in [1.165, 1.54) is 0 Å². The van der Waals surface area contributed by atoms with Crippen LogP contribution in [0, 0.1) is 5.92 Å². The van der Waals surface area contributed by atoms with Gasteiger partial charge >= 0.3 is 5.97 Å². The van der Waals surface area contributed by atoms with Crippen LogP contribution in [-0.4, -0.2) is 59.4 Å². The quantitative estimate of drug-likeness (QED) is 0.695. The molecule has 1 aliphatic rings. The molecule has 1 fully saturated rings. The van der Waals surface area contributed by atoms with Gasteiger partial charge in [0, 0.05) is 19.4 Å². The molecule has 17 heavy (non-hydrogen) atoms. The summed E-state index contributed by atoms with van der Waals surface area (Å²) in [7, 11) is 0. The van der Waals surface area contributed by atoms with Gasteiger partial charge in [-0.05, 0) is 5.92 Å². The van der Waals surface area contributed by atoms with Crippen LogP contribution in [0.3, 0.4) is 0 Å². The van der Waals surface area contributed by atoms with Gasteiger partial charge in [-0.15, -0.1) is 0 Å². The zero-order chi connectivity index (χ0) is 12.8. The van der Waals surface area contributed by atoms with Gasteiger partial charge in [0.25, 0.3) is 0 Å². The molecule has 2 N–H and O–H groups in total. The molecule has 0 aromatic rings. The normalized spacial score (nSPS) is 22.2. The van der Waals surface area contributed by atoms with Gasteiger partial charge in [-0.3, -0.25) is 9.59 Å². The zero-order valence-corrected chi connectivity index (χ0v) is 9.96. The Kier molecular flexibility index (Phi) is 5.37. The van der Waals surface area contributed by atoms with E-state index in [2.05, 4.69) is 0 Å². The van der Waals surface area contributed by atoms with Crippen LogP contribution in [0.5, 0.6) is 0 Å². The highest BCUT2D eigenvalue weighted by atomic mass is 16.5. The first-order valence-electron chi connectivity index (χ1n) is 5.74. The number of hydrogen-bond acceptors (Lipinski definition) is 4. The lowest BCUT2D eigenvalue weighted by atomic mass is 10.0. The number of carbonyl (C=O) groups is 2. The highest BCUT2D eigenvalue weighted by Gasteiger charge is 2.27. The number of ether oxygens (including phenoxy) is 1. The maximum Gasteiger partial charge on any atom is 0.303 e. The molecule has 6 nitrogen and oxygen atoms in total. The molecule has 6 heteroatoms. The van der Waals surface area contributed by atoms with Gasteiger partial charge in [0.05, 0.1) is 25.9 Å². The molecule has 2 atom stereocenters. The molecule has 2 unspecified atom stereocenters. The van der Waals surface area contributed by atoms with Crippen LogP contribution in [0.15, 0.2) is 0 Å². The van der Waals surface area contributed by atoms with E-state index in [1.807, 2.05) is 0 Å². The van der Waals surface area contributed by atoms with E-state index < -0.39 is 5.97 Å². The van der Waals surface area contributed by atoms with Crippen LogP contribution in [0.2, 0.25) is 0 Å². The van der Waals surface area contributed by atoms with Crippen molar-refractivity contribution in [2.45, 2.75) is 25.8 Å². The van der Waals surface area contributed by atoms with E-state index >= 15 is 0 Å². The number of carboxylic acids is 1. The van der Waals surface area contributed by atoms with Gasteiger partial charge in [0.2, 0.25) is 5.91 Å². The van der Waals surface area contributed by atoms with Crippen molar-refractivity contribution in [3.8, 4) is 0 Å². The second-order valence-corrected chi connectivity index (χ2v) is 4.41. The molecule has 98 valence electrons. The second-order valence-electron chi connectivity index (χ2n) is 4.41. The number of hydrogen-bond donors (Lipinski definition) is 2. The van der Waals surface area contributed by atoms with Crippen LogP contribution < -0.4 is 0 Å². The van der Waals surface area contributed by atoms with Crippen molar-refractivity contribution in [3.05, 3.63) is 0 Å². The highest BCUT2D eigenvalue weighted by molar-refractivity contribution is 5.77. The molecule has 0 aliphatic carbocycles. The van der Waals surface area contributed by atoms with E-state index in [-0.39, 0.29) is 37.3 Å². The Bertz CT molecular complexity index is 281. The van der Waals surface area contributed by atoms with Crippen molar-refractivity contribution < 1.29 is 24.5 Å². The fourth-order valence-corrected chi connectivity index (χ4v) is 1.92. The van der Waals surface area contributed by atoms with Crippen molar-refractivity contribution in [1.82, 2.24) is 4.90 Å². The van der Waals surface area contributed by atoms with E-state index in [4.69, 9.17) is 14.9 Å². The maximum atomic E-state index is 11.9. The Morgan fingerprint density at radius 2 is 2.18 bits per heavy atom. The van der Waals surface area contributed by atoms with Gasteiger partial charge in [-0.2, -0.15) is 0 Å². The van der Waals surface area contributed by atoms with Gasteiger partial charge in [0.1, 0.15) is 0 Å². The van der Waals surface area contributed by atoms with Crippen molar-refractivity contribution >= 4 is 11.9 Å². The van der Waals surface area contributed by atoms with E-state index in [9.17, 15) is 9.59 Å². The van der Waals surface area contributed by atoms with Gasteiger partial charge in [-0.25, -0.2) is 0 Å². The topological polar surface area (TPSA) is 87.1 Å². The first kappa shape index (κ1) is 13.9. The van der Waals surface area contributed by atoms with Crippen LogP contribution in [0.25, 0.3) is 0 Å². The Morgan fingerprint density at radius 3 is 2.76 bits per heavy atom. The summed E-state index contributed by atoms with van der Waals surface area (Å²) in [5.41, 5.74) is 0. The zero-order valence-electron chi connectivity index (χ0n) is 9.96. The predicted octanol–water partition coefficient (Wildman–Crippen LogP) is -0.293. The number of rotatable bonds is 5. The third-order valence-corrected chi connectivity index (χ3v) is 2.80.